The molecule has 1 heterocycles. The van der Waals surface area contributed by atoms with Crippen LogP contribution in [0.25, 0.3) is 10.9 Å². The normalized spacial score (nSPS) is 16.6. The first kappa shape index (κ1) is 19.6. The van der Waals surface area contributed by atoms with Gasteiger partial charge in [0.25, 0.3) is 0 Å². The molecular formula is C22H32N4O. The highest BCUT2D eigenvalue weighted by Gasteiger charge is 2.33. The van der Waals surface area contributed by atoms with Gasteiger partial charge in [0.2, 0.25) is 0 Å². The maximum atomic E-state index is 5.35. The Labute approximate surface area is 162 Å². The molecule has 1 aliphatic carbocycles. The number of para-hydroxylation sites is 1. The van der Waals surface area contributed by atoms with Gasteiger partial charge in [-0.05, 0) is 43.2 Å². The van der Waals surface area contributed by atoms with E-state index in [2.05, 4.69) is 46.8 Å². The largest absolute Gasteiger partial charge is 0.385 e. The number of nitrogens with one attached hydrogen (secondary N) is 2. The molecule has 5 nitrogen and oxygen atoms in total. The topological polar surface area (TPSA) is 58.5 Å². The van der Waals surface area contributed by atoms with Crippen molar-refractivity contribution in [2.45, 2.75) is 45.6 Å². The van der Waals surface area contributed by atoms with Gasteiger partial charge >= 0.3 is 0 Å². The summed E-state index contributed by atoms with van der Waals surface area (Å²) in [5, 5.41) is 8.14. The van der Waals surface area contributed by atoms with Crippen molar-refractivity contribution in [3.8, 4) is 0 Å². The van der Waals surface area contributed by atoms with E-state index in [9.17, 15) is 0 Å². The van der Waals surface area contributed by atoms with Crippen LogP contribution in [0.4, 0.5) is 0 Å². The van der Waals surface area contributed by atoms with E-state index in [1.54, 1.807) is 7.11 Å². The van der Waals surface area contributed by atoms with E-state index >= 15 is 0 Å². The van der Waals surface area contributed by atoms with E-state index in [1.165, 1.54) is 25.7 Å². The number of benzene rings is 1. The molecule has 2 aromatic rings. The summed E-state index contributed by atoms with van der Waals surface area (Å²) in [5.41, 5.74) is 2.53. The van der Waals surface area contributed by atoms with Crippen molar-refractivity contribution in [2.24, 2.45) is 10.4 Å². The number of hydrogen-bond donors (Lipinski definition) is 2. The van der Waals surface area contributed by atoms with Crippen molar-refractivity contribution in [2.75, 3.05) is 26.8 Å². The maximum absolute atomic E-state index is 5.35. The SMILES string of the molecule is CCNC(=NCc1cccc2cccnc12)NCC1(CCOC)CCCC1. The minimum atomic E-state index is 0.340. The van der Waals surface area contributed by atoms with Gasteiger partial charge in [-0.25, -0.2) is 4.99 Å². The number of ether oxygens (including phenoxy) is 1. The van der Waals surface area contributed by atoms with Crippen LogP contribution in [0.5, 0.6) is 0 Å². The summed E-state index contributed by atoms with van der Waals surface area (Å²) in [4.78, 5) is 9.36. The number of hydrogen-bond acceptors (Lipinski definition) is 3. The predicted octanol–water partition coefficient (Wildman–Crippen LogP) is 3.89. The lowest BCUT2D eigenvalue weighted by atomic mass is 9.83. The van der Waals surface area contributed by atoms with E-state index < -0.39 is 0 Å². The summed E-state index contributed by atoms with van der Waals surface area (Å²) < 4.78 is 5.35. The van der Waals surface area contributed by atoms with Gasteiger partial charge in [-0.2, -0.15) is 0 Å². The molecule has 0 unspecified atom stereocenters. The van der Waals surface area contributed by atoms with Gasteiger partial charge in [-0.1, -0.05) is 37.1 Å². The molecule has 0 aliphatic heterocycles. The third-order valence-corrected chi connectivity index (χ3v) is 5.60. The fourth-order valence-electron chi connectivity index (χ4n) is 4.03. The molecule has 0 saturated heterocycles. The monoisotopic (exact) mass is 368 g/mol. The minimum absolute atomic E-state index is 0.340. The molecule has 1 saturated carbocycles. The molecule has 3 rings (SSSR count). The molecule has 1 aromatic carbocycles. The Hall–Kier alpha value is -2.14. The third kappa shape index (κ3) is 5.19. The molecule has 1 fully saturated rings. The summed E-state index contributed by atoms with van der Waals surface area (Å²) in [7, 11) is 1.79. The molecule has 146 valence electrons. The lowest BCUT2D eigenvalue weighted by Gasteiger charge is -2.30. The van der Waals surface area contributed by atoms with Gasteiger partial charge in [0.15, 0.2) is 5.96 Å². The van der Waals surface area contributed by atoms with E-state index in [0.717, 1.165) is 48.5 Å². The second-order valence-corrected chi connectivity index (χ2v) is 7.49. The first-order valence-corrected chi connectivity index (χ1v) is 10.1. The van der Waals surface area contributed by atoms with Crippen LogP contribution in [0, 0.1) is 5.41 Å². The molecule has 1 aromatic heterocycles. The molecule has 1 aliphatic rings. The van der Waals surface area contributed by atoms with Crippen LogP contribution in [0.15, 0.2) is 41.5 Å². The van der Waals surface area contributed by atoms with Gasteiger partial charge < -0.3 is 15.4 Å². The van der Waals surface area contributed by atoms with Crippen LogP contribution in [-0.4, -0.2) is 37.7 Å². The van der Waals surface area contributed by atoms with Crippen molar-refractivity contribution in [1.82, 2.24) is 15.6 Å². The quantitative estimate of drug-likeness (QED) is 0.548. The van der Waals surface area contributed by atoms with Crippen molar-refractivity contribution in [1.29, 1.82) is 0 Å². The zero-order chi connectivity index (χ0) is 19.0. The second kappa shape index (κ2) is 9.70. The Morgan fingerprint density at radius 3 is 2.78 bits per heavy atom. The van der Waals surface area contributed by atoms with Crippen molar-refractivity contribution < 1.29 is 4.74 Å². The van der Waals surface area contributed by atoms with Gasteiger partial charge in [0.05, 0.1) is 12.1 Å². The highest BCUT2D eigenvalue weighted by molar-refractivity contribution is 5.83. The lowest BCUT2D eigenvalue weighted by molar-refractivity contribution is 0.138. The van der Waals surface area contributed by atoms with Crippen molar-refractivity contribution in [3.63, 3.8) is 0 Å². The molecule has 0 bridgehead atoms. The van der Waals surface area contributed by atoms with E-state index in [1.807, 2.05) is 12.3 Å². The van der Waals surface area contributed by atoms with Gasteiger partial charge in [-0.15, -0.1) is 0 Å². The van der Waals surface area contributed by atoms with Crippen LogP contribution in [0.2, 0.25) is 0 Å². The van der Waals surface area contributed by atoms with Gasteiger partial charge in [-0.3, -0.25) is 4.98 Å². The van der Waals surface area contributed by atoms with Crippen LogP contribution in [-0.2, 0) is 11.3 Å². The number of nitrogens with zero attached hydrogens (tertiary/aromatic N) is 2. The first-order valence-electron chi connectivity index (χ1n) is 10.1. The Bertz CT molecular complexity index is 748. The zero-order valence-corrected chi connectivity index (χ0v) is 16.6. The summed E-state index contributed by atoms with van der Waals surface area (Å²) in [6.07, 6.45) is 8.15. The number of aromatic nitrogens is 1. The van der Waals surface area contributed by atoms with Crippen molar-refractivity contribution in [3.05, 3.63) is 42.1 Å². The summed E-state index contributed by atoms with van der Waals surface area (Å²) in [6.45, 7) is 5.36. The fourth-order valence-corrected chi connectivity index (χ4v) is 4.03. The van der Waals surface area contributed by atoms with Crippen LogP contribution >= 0.6 is 0 Å². The summed E-state index contributed by atoms with van der Waals surface area (Å²) >= 11 is 0. The Morgan fingerprint density at radius 2 is 2.00 bits per heavy atom. The predicted molar refractivity (Wildman–Crippen MR) is 112 cm³/mol. The standard InChI is InChI=1S/C22H32N4O/c1-3-23-21(26-17-22(13-15-27-2)11-4-5-12-22)25-16-19-9-6-8-18-10-7-14-24-20(18)19/h6-10,14H,3-5,11-13,15-17H2,1-2H3,(H2,23,25,26). The molecule has 0 atom stereocenters. The summed E-state index contributed by atoms with van der Waals surface area (Å²) in [5.74, 6) is 0.883. The molecule has 0 amide bonds. The molecule has 0 spiro atoms. The second-order valence-electron chi connectivity index (χ2n) is 7.49. The molecule has 2 N–H and O–H groups in total. The average Bonchev–Trinajstić information content (AvgIpc) is 3.18. The highest BCUT2D eigenvalue weighted by Crippen LogP contribution is 2.40. The minimum Gasteiger partial charge on any atom is -0.385 e. The molecule has 0 radical (unpaired) electrons. The summed E-state index contributed by atoms with van der Waals surface area (Å²) in [6, 6.07) is 10.4. The van der Waals surface area contributed by atoms with E-state index in [-0.39, 0.29) is 0 Å². The maximum Gasteiger partial charge on any atom is 0.191 e. The lowest BCUT2D eigenvalue weighted by Crippen LogP contribution is -2.43. The molecular weight excluding hydrogens is 336 g/mol. The smallest absolute Gasteiger partial charge is 0.191 e. The van der Waals surface area contributed by atoms with Crippen LogP contribution in [0.3, 0.4) is 0 Å². The Morgan fingerprint density at radius 1 is 1.19 bits per heavy atom. The van der Waals surface area contributed by atoms with Crippen LogP contribution < -0.4 is 10.6 Å². The number of methoxy groups -OCH3 is 1. The van der Waals surface area contributed by atoms with Crippen LogP contribution in [0.1, 0.15) is 44.6 Å². The number of fused-ring (bicyclic) bond motifs is 1. The number of pyridine rings is 1. The fraction of sp³-hybridized carbons (Fsp3) is 0.545. The number of rotatable bonds is 8. The molecule has 5 heteroatoms. The Balaban J connectivity index is 1.69. The Kier molecular flexibility index (Phi) is 7.04. The van der Waals surface area contributed by atoms with Gasteiger partial charge in [0, 0.05) is 38.4 Å². The number of aliphatic imine (C=N–C) groups is 1. The number of guanidine groups is 1. The molecule has 27 heavy (non-hydrogen) atoms. The van der Waals surface area contributed by atoms with E-state index in [4.69, 9.17) is 9.73 Å². The zero-order valence-electron chi connectivity index (χ0n) is 16.6. The first-order chi connectivity index (χ1) is 13.3. The highest BCUT2D eigenvalue weighted by atomic mass is 16.5. The average molecular weight is 369 g/mol. The van der Waals surface area contributed by atoms with E-state index in [0.29, 0.717) is 12.0 Å². The third-order valence-electron chi connectivity index (χ3n) is 5.60. The van der Waals surface area contributed by atoms with Crippen molar-refractivity contribution >= 4 is 16.9 Å². The van der Waals surface area contributed by atoms with Gasteiger partial charge in [0.1, 0.15) is 0 Å².